The van der Waals surface area contributed by atoms with E-state index in [0.29, 0.717) is 5.96 Å². The number of nitrogens with zero attached hydrogens (tertiary/aromatic N) is 3. The highest BCUT2D eigenvalue weighted by molar-refractivity contribution is 5.83. The van der Waals surface area contributed by atoms with Crippen LogP contribution in [-0.2, 0) is 0 Å². The molecular weight excluding hydrogens is 250 g/mol. The van der Waals surface area contributed by atoms with E-state index in [0.717, 1.165) is 24.5 Å². The molecular formula is C15H27N5. The van der Waals surface area contributed by atoms with Gasteiger partial charge in [-0.1, -0.05) is 19.9 Å². The molecule has 0 radical (unpaired) electrons. The van der Waals surface area contributed by atoms with E-state index in [1.165, 1.54) is 0 Å². The zero-order valence-corrected chi connectivity index (χ0v) is 13.1. The van der Waals surface area contributed by atoms with Crippen LogP contribution in [-0.4, -0.2) is 37.8 Å². The van der Waals surface area contributed by atoms with Crippen LogP contribution in [0.2, 0.25) is 0 Å². The van der Waals surface area contributed by atoms with E-state index in [4.69, 9.17) is 0 Å². The molecule has 2 N–H and O–H groups in total. The molecule has 0 fully saturated rings. The van der Waals surface area contributed by atoms with Crippen molar-refractivity contribution in [1.29, 1.82) is 0 Å². The molecule has 0 unspecified atom stereocenters. The molecule has 0 saturated carbocycles. The largest absolute Gasteiger partial charge is 0.368 e. The van der Waals surface area contributed by atoms with E-state index >= 15 is 0 Å². The number of anilines is 1. The molecule has 0 aromatic carbocycles. The summed E-state index contributed by atoms with van der Waals surface area (Å²) in [4.78, 5) is 11.8. The van der Waals surface area contributed by atoms with Crippen molar-refractivity contribution in [3.8, 4) is 0 Å². The summed E-state index contributed by atoms with van der Waals surface area (Å²) in [6, 6.07) is 3.98. The van der Waals surface area contributed by atoms with Crippen molar-refractivity contribution in [3.05, 3.63) is 37.1 Å². The Balaban J connectivity index is 0. The van der Waals surface area contributed by atoms with Gasteiger partial charge >= 0.3 is 0 Å². The first-order chi connectivity index (χ1) is 9.76. The van der Waals surface area contributed by atoms with Gasteiger partial charge in [-0.2, -0.15) is 0 Å². The minimum absolute atomic E-state index is 0.554. The molecule has 1 heterocycles. The Kier molecular flexibility index (Phi) is 15.0. The Morgan fingerprint density at radius 3 is 2.35 bits per heavy atom. The monoisotopic (exact) mass is 277 g/mol. The molecule has 0 saturated heterocycles. The Morgan fingerprint density at radius 1 is 1.25 bits per heavy atom. The first-order valence-corrected chi connectivity index (χ1v) is 6.60. The number of hydrogen-bond acceptors (Lipinski definition) is 3. The van der Waals surface area contributed by atoms with E-state index in [2.05, 4.69) is 45.5 Å². The Morgan fingerprint density at radius 2 is 1.90 bits per heavy atom. The summed E-state index contributed by atoms with van der Waals surface area (Å²) < 4.78 is 0. The first-order valence-electron chi connectivity index (χ1n) is 6.60. The third kappa shape index (κ3) is 9.82. The average Bonchev–Trinajstić information content (AvgIpc) is 2.53. The maximum absolute atomic E-state index is 4.23. The summed E-state index contributed by atoms with van der Waals surface area (Å²) in [6.45, 7) is 16.9. The van der Waals surface area contributed by atoms with Crippen LogP contribution < -0.4 is 10.6 Å². The van der Waals surface area contributed by atoms with Crippen molar-refractivity contribution in [3.63, 3.8) is 0 Å². The Hall–Kier alpha value is -2.17. The van der Waals surface area contributed by atoms with Crippen LogP contribution in [0.5, 0.6) is 0 Å². The van der Waals surface area contributed by atoms with Crippen molar-refractivity contribution in [2.45, 2.75) is 20.8 Å². The molecule has 1 aromatic rings. The Bertz CT molecular complexity index is 370. The number of nitrogens with one attached hydrogen (secondary N) is 2. The predicted molar refractivity (Wildman–Crippen MR) is 91.0 cm³/mol. The lowest BCUT2D eigenvalue weighted by Crippen LogP contribution is -2.27. The molecule has 0 aliphatic carbocycles. The summed E-state index contributed by atoms with van der Waals surface area (Å²) >= 11 is 0. The fraction of sp³-hybridized carbons (Fsp3) is 0.400. The van der Waals surface area contributed by atoms with Gasteiger partial charge in [-0.3, -0.25) is 4.99 Å². The summed E-state index contributed by atoms with van der Waals surface area (Å²) in [5.41, 5.74) is 1.15. The van der Waals surface area contributed by atoms with E-state index < -0.39 is 0 Å². The van der Waals surface area contributed by atoms with Crippen LogP contribution in [0.4, 0.5) is 5.82 Å². The maximum atomic E-state index is 4.23. The van der Waals surface area contributed by atoms with Gasteiger partial charge in [0.2, 0.25) is 5.96 Å². The number of hydrogen-bond donors (Lipinski definition) is 2. The number of aliphatic imine (C=N–C) groups is 2. The van der Waals surface area contributed by atoms with E-state index in [9.17, 15) is 0 Å². The van der Waals surface area contributed by atoms with Gasteiger partial charge in [0.15, 0.2) is 0 Å². The summed E-state index contributed by atoms with van der Waals surface area (Å²) in [5, 5.41) is 6.22. The van der Waals surface area contributed by atoms with E-state index in [1.54, 1.807) is 7.05 Å². The molecule has 0 aliphatic rings. The average molecular weight is 277 g/mol. The first kappa shape index (κ1) is 20.2. The van der Waals surface area contributed by atoms with Crippen LogP contribution in [0.1, 0.15) is 19.4 Å². The normalized spacial score (nSPS) is 9.30. The lowest BCUT2D eigenvalue weighted by molar-refractivity contribution is 0.892. The van der Waals surface area contributed by atoms with Gasteiger partial charge in [0.25, 0.3) is 0 Å². The smallest absolute Gasteiger partial charge is 0.217 e. The van der Waals surface area contributed by atoms with Gasteiger partial charge in [0.1, 0.15) is 5.82 Å². The minimum Gasteiger partial charge on any atom is -0.368 e. The molecule has 1 rings (SSSR count). The van der Waals surface area contributed by atoms with Crippen molar-refractivity contribution < 1.29 is 0 Å². The van der Waals surface area contributed by atoms with Crippen molar-refractivity contribution in [2.75, 3.05) is 25.5 Å². The van der Waals surface area contributed by atoms with Crippen molar-refractivity contribution in [1.82, 2.24) is 10.3 Å². The highest BCUT2D eigenvalue weighted by Crippen LogP contribution is 2.02. The quantitative estimate of drug-likeness (QED) is 0.385. The van der Waals surface area contributed by atoms with Gasteiger partial charge in [0.05, 0.1) is 0 Å². The molecule has 0 aliphatic heterocycles. The SMILES string of the molecule is C=C.C=NC(=NC)NCCNc1ccc(C)cn1.CC. The molecule has 112 valence electrons. The second kappa shape index (κ2) is 14.9. The van der Waals surface area contributed by atoms with Crippen LogP contribution in [0.25, 0.3) is 0 Å². The molecule has 0 bridgehead atoms. The zero-order valence-electron chi connectivity index (χ0n) is 13.1. The predicted octanol–water partition coefficient (Wildman–Crippen LogP) is 2.91. The summed E-state index contributed by atoms with van der Waals surface area (Å²) in [6.07, 6.45) is 1.83. The highest BCUT2D eigenvalue weighted by atomic mass is 15.1. The van der Waals surface area contributed by atoms with Crippen LogP contribution in [0.15, 0.2) is 41.5 Å². The molecule has 0 atom stereocenters. The van der Waals surface area contributed by atoms with Gasteiger partial charge < -0.3 is 10.6 Å². The molecule has 0 spiro atoms. The minimum atomic E-state index is 0.554. The molecule has 0 amide bonds. The van der Waals surface area contributed by atoms with Gasteiger partial charge in [0, 0.05) is 26.3 Å². The van der Waals surface area contributed by atoms with Gasteiger partial charge in [-0.25, -0.2) is 9.98 Å². The number of aromatic nitrogens is 1. The van der Waals surface area contributed by atoms with E-state index in [-0.39, 0.29) is 0 Å². The van der Waals surface area contributed by atoms with Crippen LogP contribution >= 0.6 is 0 Å². The van der Waals surface area contributed by atoms with Crippen LogP contribution in [0, 0.1) is 6.92 Å². The third-order valence-electron chi connectivity index (χ3n) is 1.99. The standard InChI is InChI=1S/C11H17N5.C2H6.C2H4/c1-9-4-5-10(16-8-9)14-6-7-15-11(12-2)13-3;2*1-2/h4-5,8H,2,6-7H2,1,3H3,(H,13,15)(H,14,16);1-2H3;1-2H2. The summed E-state index contributed by atoms with van der Waals surface area (Å²) in [7, 11) is 1.67. The molecule has 1 aromatic heterocycles. The zero-order chi connectivity index (χ0) is 15.8. The Labute approximate surface area is 123 Å². The molecule has 20 heavy (non-hydrogen) atoms. The number of guanidine groups is 1. The lowest BCUT2D eigenvalue weighted by Gasteiger charge is -2.07. The van der Waals surface area contributed by atoms with Gasteiger partial charge in [-0.15, -0.1) is 13.2 Å². The fourth-order valence-corrected chi connectivity index (χ4v) is 1.14. The second-order valence-corrected chi connectivity index (χ2v) is 3.28. The number of pyridine rings is 1. The number of aryl methyl sites for hydroxylation is 1. The fourth-order valence-electron chi connectivity index (χ4n) is 1.14. The second-order valence-electron chi connectivity index (χ2n) is 3.28. The third-order valence-corrected chi connectivity index (χ3v) is 1.99. The summed E-state index contributed by atoms with van der Waals surface area (Å²) in [5.74, 6) is 1.42. The lowest BCUT2D eigenvalue weighted by atomic mass is 10.3. The van der Waals surface area contributed by atoms with Crippen molar-refractivity contribution in [2.24, 2.45) is 9.98 Å². The van der Waals surface area contributed by atoms with Gasteiger partial charge in [-0.05, 0) is 25.3 Å². The van der Waals surface area contributed by atoms with Crippen molar-refractivity contribution >= 4 is 18.5 Å². The number of rotatable bonds is 4. The highest BCUT2D eigenvalue weighted by Gasteiger charge is 1.94. The maximum Gasteiger partial charge on any atom is 0.217 e. The topological polar surface area (TPSA) is 61.7 Å². The molecule has 5 heteroatoms. The van der Waals surface area contributed by atoms with Crippen LogP contribution in [0.3, 0.4) is 0 Å². The molecule has 5 nitrogen and oxygen atoms in total. The van der Waals surface area contributed by atoms with E-state index in [1.807, 2.05) is 39.1 Å².